The highest BCUT2D eigenvalue weighted by atomic mass is 127. The molecule has 44 valence electrons. The van der Waals surface area contributed by atoms with Crippen molar-refractivity contribution in [1.29, 1.82) is 0 Å². The van der Waals surface area contributed by atoms with E-state index in [1.54, 1.807) is 0 Å². The van der Waals surface area contributed by atoms with Crippen LogP contribution in [0, 0.1) is 0 Å². The summed E-state index contributed by atoms with van der Waals surface area (Å²) in [5.41, 5.74) is 5.23. The Morgan fingerprint density at radius 1 is 1.43 bits per heavy atom. The highest BCUT2D eigenvalue weighted by molar-refractivity contribution is 14.0. The molecule has 0 spiro atoms. The lowest BCUT2D eigenvalue weighted by Crippen LogP contribution is -2.37. The Kier molecular flexibility index (Phi) is 3.06. The minimum Gasteiger partial charge on any atom is -0.327 e. The fourth-order valence-electron chi connectivity index (χ4n) is 0.588. The monoisotopic (exact) mass is 217 g/mol. The highest BCUT2D eigenvalue weighted by Crippen LogP contribution is 2.20. The van der Waals surface area contributed by atoms with Gasteiger partial charge in [-0.1, -0.05) is 0 Å². The van der Waals surface area contributed by atoms with Crippen LogP contribution in [0.2, 0.25) is 0 Å². The fraction of sp³-hybridized carbons (Fsp3) is 1.00. The van der Waals surface area contributed by atoms with E-state index in [2.05, 4.69) is 0 Å². The molecule has 3 heteroatoms. The smallest absolute Gasteiger partial charge is 0.103 e. The Morgan fingerprint density at radius 2 is 1.86 bits per heavy atom. The van der Waals surface area contributed by atoms with Crippen LogP contribution in [-0.2, 0) is 0 Å². The molecule has 0 unspecified atom stereocenters. The average molecular weight is 217 g/mol. The summed E-state index contributed by atoms with van der Waals surface area (Å²) in [5.74, 6) is 0. The predicted octanol–water partition coefficient (Wildman–Crippen LogP) is 1.06. The van der Waals surface area contributed by atoms with Gasteiger partial charge in [-0.15, -0.1) is 24.0 Å². The summed E-state index contributed by atoms with van der Waals surface area (Å²) < 4.78 is 11.7. The first-order valence-corrected chi connectivity index (χ1v) is 2.18. The predicted molar refractivity (Wildman–Crippen MR) is 37.5 cm³/mol. The Hall–Kier alpha value is 0.620. The normalized spacial score (nSPS) is 38.6. The maximum absolute atomic E-state index is 11.7. The number of alkyl halides is 1. The Bertz CT molecular complexity index is 47.7. The number of hydrogen-bond acceptors (Lipinski definition) is 1. The lowest BCUT2D eigenvalue weighted by Gasteiger charge is -2.24. The molecule has 0 atom stereocenters. The van der Waals surface area contributed by atoms with Crippen molar-refractivity contribution < 1.29 is 4.39 Å². The van der Waals surface area contributed by atoms with E-state index in [4.69, 9.17) is 5.73 Å². The van der Waals surface area contributed by atoms with Crippen LogP contribution < -0.4 is 5.73 Å². The summed E-state index contributed by atoms with van der Waals surface area (Å²) in [6.45, 7) is 0. The van der Waals surface area contributed by atoms with Gasteiger partial charge in [0.25, 0.3) is 0 Å². The Labute approximate surface area is 59.5 Å². The molecule has 1 aliphatic carbocycles. The van der Waals surface area contributed by atoms with E-state index in [1.807, 2.05) is 0 Å². The molecule has 1 fully saturated rings. The molecule has 7 heavy (non-hydrogen) atoms. The third-order valence-electron chi connectivity index (χ3n) is 1.12. The van der Waals surface area contributed by atoms with Crippen molar-refractivity contribution in [2.45, 2.75) is 25.1 Å². The van der Waals surface area contributed by atoms with Crippen LogP contribution in [0.25, 0.3) is 0 Å². The van der Waals surface area contributed by atoms with Gasteiger partial charge in [0.15, 0.2) is 0 Å². The molecule has 0 saturated heterocycles. The van der Waals surface area contributed by atoms with E-state index < -0.39 is 6.17 Å². The molecule has 2 N–H and O–H groups in total. The number of nitrogens with two attached hydrogens (primary N) is 1. The van der Waals surface area contributed by atoms with Gasteiger partial charge >= 0.3 is 0 Å². The van der Waals surface area contributed by atoms with Gasteiger partial charge in [0.05, 0.1) is 0 Å². The zero-order valence-electron chi connectivity index (χ0n) is 3.93. The van der Waals surface area contributed by atoms with Gasteiger partial charge < -0.3 is 5.73 Å². The Morgan fingerprint density at radius 3 is 1.86 bits per heavy atom. The van der Waals surface area contributed by atoms with Crippen LogP contribution in [0.1, 0.15) is 12.8 Å². The minimum absolute atomic E-state index is 0. The summed E-state index contributed by atoms with van der Waals surface area (Å²) in [7, 11) is 0. The van der Waals surface area contributed by atoms with Crippen molar-refractivity contribution in [3.8, 4) is 0 Å². The third-order valence-corrected chi connectivity index (χ3v) is 1.12. The molecule has 1 saturated carbocycles. The van der Waals surface area contributed by atoms with E-state index in [-0.39, 0.29) is 30.0 Å². The Balaban J connectivity index is 0.000000360. The zero-order valence-corrected chi connectivity index (χ0v) is 6.26. The first-order valence-electron chi connectivity index (χ1n) is 2.18. The molecule has 0 aliphatic heterocycles. The van der Waals surface area contributed by atoms with Crippen molar-refractivity contribution in [3.05, 3.63) is 0 Å². The summed E-state index contributed by atoms with van der Waals surface area (Å²) in [4.78, 5) is 0. The van der Waals surface area contributed by atoms with E-state index >= 15 is 0 Å². The molecular weight excluding hydrogens is 208 g/mol. The number of hydrogen-bond donors (Lipinski definition) is 1. The second-order valence-electron chi connectivity index (χ2n) is 1.83. The molecule has 0 amide bonds. The average Bonchev–Trinajstić information content (AvgIpc) is 1.33. The van der Waals surface area contributed by atoms with Crippen LogP contribution in [0.5, 0.6) is 0 Å². The van der Waals surface area contributed by atoms with Crippen molar-refractivity contribution in [1.82, 2.24) is 0 Å². The summed E-state index contributed by atoms with van der Waals surface area (Å²) >= 11 is 0. The number of halogens is 2. The second kappa shape index (κ2) is 2.81. The standard InChI is InChI=1S/C4H8FN.HI/c5-3-1-4(6)2-3;/h3-4H,1-2,6H2;1H. The first-order chi connectivity index (χ1) is 2.79. The lowest BCUT2D eigenvalue weighted by molar-refractivity contribution is 0.181. The van der Waals surface area contributed by atoms with E-state index in [0.717, 1.165) is 0 Å². The molecule has 0 bridgehead atoms. The van der Waals surface area contributed by atoms with Crippen LogP contribution in [0.4, 0.5) is 4.39 Å². The van der Waals surface area contributed by atoms with Crippen molar-refractivity contribution in [2.75, 3.05) is 0 Å². The second-order valence-corrected chi connectivity index (χ2v) is 1.83. The van der Waals surface area contributed by atoms with Crippen LogP contribution in [-0.4, -0.2) is 12.2 Å². The molecule has 1 rings (SSSR count). The van der Waals surface area contributed by atoms with Gasteiger partial charge in [-0.3, -0.25) is 0 Å². The van der Waals surface area contributed by atoms with Crippen molar-refractivity contribution >= 4 is 24.0 Å². The summed E-state index contributed by atoms with van der Waals surface area (Å²) in [5, 5.41) is 0. The molecule has 1 nitrogen and oxygen atoms in total. The van der Waals surface area contributed by atoms with Crippen LogP contribution >= 0.6 is 24.0 Å². The summed E-state index contributed by atoms with van der Waals surface area (Å²) in [6, 6.07) is 0.167. The molecular formula is C4H9FIN. The van der Waals surface area contributed by atoms with Gasteiger partial charge in [-0.25, -0.2) is 4.39 Å². The summed E-state index contributed by atoms with van der Waals surface area (Å²) in [6.07, 6.45) is 0.583. The quantitative estimate of drug-likeness (QED) is 0.603. The topological polar surface area (TPSA) is 26.0 Å². The van der Waals surface area contributed by atoms with E-state index in [9.17, 15) is 4.39 Å². The maximum Gasteiger partial charge on any atom is 0.103 e. The highest BCUT2D eigenvalue weighted by Gasteiger charge is 2.24. The molecule has 0 heterocycles. The minimum atomic E-state index is -0.583. The van der Waals surface area contributed by atoms with Crippen molar-refractivity contribution in [2.24, 2.45) is 5.73 Å². The van der Waals surface area contributed by atoms with Gasteiger partial charge in [-0.2, -0.15) is 0 Å². The van der Waals surface area contributed by atoms with E-state index in [0.29, 0.717) is 12.8 Å². The maximum atomic E-state index is 11.7. The van der Waals surface area contributed by atoms with Gasteiger partial charge in [0, 0.05) is 6.04 Å². The molecule has 1 aliphatic rings. The van der Waals surface area contributed by atoms with Crippen molar-refractivity contribution in [3.63, 3.8) is 0 Å². The SMILES string of the molecule is I.NC1CC(F)C1. The molecule has 0 aromatic rings. The first kappa shape index (κ1) is 7.62. The molecule has 0 aromatic carbocycles. The molecule has 0 radical (unpaired) electrons. The molecule has 0 aromatic heterocycles. The van der Waals surface area contributed by atoms with Crippen LogP contribution in [0.3, 0.4) is 0 Å². The van der Waals surface area contributed by atoms with Crippen LogP contribution in [0.15, 0.2) is 0 Å². The number of rotatable bonds is 0. The van der Waals surface area contributed by atoms with Gasteiger partial charge in [0.1, 0.15) is 6.17 Å². The largest absolute Gasteiger partial charge is 0.327 e. The van der Waals surface area contributed by atoms with Gasteiger partial charge in [0.2, 0.25) is 0 Å². The fourth-order valence-corrected chi connectivity index (χ4v) is 0.588. The van der Waals surface area contributed by atoms with Gasteiger partial charge in [-0.05, 0) is 12.8 Å². The zero-order chi connectivity index (χ0) is 4.57. The van der Waals surface area contributed by atoms with E-state index in [1.165, 1.54) is 0 Å². The third kappa shape index (κ3) is 1.90. The lowest BCUT2D eigenvalue weighted by atomic mass is 9.92.